The average molecular weight is 698 g/mol. The second-order valence-electron chi connectivity index (χ2n) is 8.37. The zero-order chi connectivity index (χ0) is 23.0. The Hall–Kier alpha value is -1.45. The molecular weight excluding hydrogens is 662 g/mol. The third-order valence-corrected chi connectivity index (χ3v) is 7.07. The average Bonchev–Trinajstić information content (AvgIpc) is 3.54. The molecular formula is C32H36Cl2HfSi. The van der Waals surface area contributed by atoms with Crippen molar-refractivity contribution >= 4 is 36.3 Å². The fourth-order valence-corrected chi connectivity index (χ4v) is 4.98. The molecule has 0 nitrogen and oxygen atoms in total. The van der Waals surface area contributed by atoms with Gasteiger partial charge in [0.2, 0.25) is 0 Å². The number of hydrogen-bond donors (Lipinski definition) is 0. The maximum absolute atomic E-state index is 2.27. The van der Waals surface area contributed by atoms with Gasteiger partial charge in [-0.05, 0) is 0 Å². The van der Waals surface area contributed by atoms with Crippen LogP contribution in [0.15, 0.2) is 115 Å². The van der Waals surface area contributed by atoms with E-state index in [2.05, 4.69) is 122 Å². The van der Waals surface area contributed by atoms with Crippen molar-refractivity contribution in [3.8, 4) is 0 Å². The molecule has 4 heteroatoms. The summed E-state index contributed by atoms with van der Waals surface area (Å²) in [6, 6.07) is 41.6. The molecule has 5 aromatic rings. The van der Waals surface area contributed by atoms with Crippen LogP contribution in [0.1, 0.15) is 45.4 Å². The minimum Gasteiger partial charge on any atom is -1.00 e. The molecule has 0 N–H and O–H groups in total. The van der Waals surface area contributed by atoms with E-state index in [-0.39, 0.29) is 50.7 Å². The van der Waals surface area contributed by atoms with Crippen LogP contribution >= 0.6 is 0 Å². The molecule has 0 heterocycles. The molecule has 0 bridgehead atoms. The van der Waals surface area contributed by atoms with Crippen LogP contribution in [0.25, 0.3) is 21.5 Å². The SMILES string of the molecule is CCCCCCCC[Si]c1ccccc1.[Cl-].[Cl-].[Hf+4].c1ccc2[cH-]ccc2c1.c1ccc2[cH-]ccc2c1. The smallest absolute Gasteiger partial charge is 1.00 e. The van der Waals surface area contributed by atoms with E-state index >= 15 is 0 Å². The van der Waals surface area contributed by atoms with Crippen molar-refractivity contribution in [2.75, 3.05) is 0 Å². The van der Waals surface area contributed by atoms with E-state index in [0.29, 0.717) is 0 Å². The zero-order valence-corrected chi connectivity index (χ0v) is 27.3. The Bertz CT molecular complexity index is 1020. The van der Waals surface area contributed by atoms with E-state index in [0.717, 1.165) is 9.52 Å². The summed E-state index contributed by atoms with van der Waals surface area (Å²) >= 11 is 0. The number of rotatable bonds is 8. The van der Waals surface area contributed by atoms with Crippen LogP contribution in [0.4, 0.5) is 0 Å². The topological polar surface area (TPSA) is 0 Å². The molecule has 0 aliphatic carbocycles. The Balaban J connectivity index is 0.000000509. The predicted molar refractivity (Wildman–Crippen MR) is 149 cm³/mol. The fourth-order valence-electron chi connectivity index (χ4n) is 3.83. The van der Waals surface area contributed by atoms with Gasteiger partial charge in [-0.2, -0.15) is 35.0 Å². The van der Waals surface area contributed by atoms with Gasteiger partial charge in [0.05, 0.1) is 9.52 Å². The molecule has 2 radical (unpaired) electrons. The van der Waals surface area contributed by atoms with E-state index in [1.165, 1.54) is 71.3 Å². The van der Waals surface area contributed by atoms with Crippen molar-refractivity contribution < 1.29 is 50.7 Å². The van der Waals surface area contributed by atoms with E-state index in [1.54, 1.807) is 0 Å². The Kier molecular flexibility index (Phi) is 20.7. The molecule has 5 aromatic carbocycles. The first-order valence-electron chi connectivity index (χ1n) is 12.4. The number of fused-ring (bicyclic) bond motifs is 2. The maximum Gasteiger partial charge on any atom is 4.00 e. The van der Waals surface area contributed by atoms with Gasteiger partial charge in [0.1, 0.15) is 0 Å². The summed E-state index contributed by atoms with van der Waals surface area (Å²) in [6.07, 6.45) is 8.49. The summed E-state index contributed by atoms with van der Waals surface area (Å²) in [4.78, 5) is 0. The number of halogens is 2. The maximum atomic E-state index is 2.27. The summed E-state index contributed by atoms with van der Waals surface area (Å²) in [5.74, 6) is 0. The van der Waals surface area contributed by atoms with Crippen molar-refractivity contribution in [2.24, 2.45) is 0 Å². The Morgan fingerprint density at radius 3 is 1.56 bits per heavy atom. The minimum absolute atomic E-state index is 0. The summed E-state index contributed by atoms with van der Waals surface area (Å²) in [6.45, 7) is 2.27. The Morgan fingerprint density at radius 2 is 1.03 bits per heavy atom. The van der Waals surface area contributed by atoms with Crippen molar-refractivity contribution in [1.82, 2.24) is 0 Å². The van der Waals surface area contributed by atoms with Crippen molar-refractivity contribution in [3.05, 3.63) is 115 Å². The second kappa shape index (κ2) is 21.6. The first-order chi connectivity index (χ1) is 16.4. The van der Waals surface area contributed by atoms with Crippen LogP contribution in [0.3, 0.4) is 0 Å². The molecule has 0 spiro atoms. The van der Waals surface area contributed by atoms with Crippen LogP contribution in [0.5, 0.6) is 0 Å². The molecule has 0 unspecified atom stereocenters. The van der Waals surface area contributed by atoms with E-state index in [1.807, 2.05) is 0 Å². The molecule has 0 aromatic heterocycles. The molecule has 0 aliphatic rings. The van der Waals surface area contributed by atoms with Gasteiger partial charge in [0.25, 0.3) is 0 Å². The Morgan fingerprint density at radius 1 is 0.556 bits per heavy atom. The van der Waals surface area contributed by atoms with Crippen LogP contribution < -0.4 is 30.0 Å². The molecule has 0 saturated heterocycles. The van der Waals surface area contributed by atoms with Crippen molar-refractivity contribution in [3.63, 3.8) is 0 Å². The predicted octanol–water partition coefficient (Wildman–Crippen LogP) is 2.92. The standard InChI is InChI=1S/C14H22Si.2C9H7.2ClH.Hf/c1-2-3-4-5-6-10-13-15-14-11-8-7-9-12-14;2*1-2-5-9-7-3-6-8(9)4-1;;;/h7-9,11-12H,2-6,10,13H2,1H3;2*1-7H;2*1H;/q;2*-1;;;+4/p-2. The van der Waals surface area contributed by atoms with E-state index in [9.17, 15) is 0 Å². The molecule has 36 heavy (non-hydrogen) atoms. The fraction of sp³-hybridized carbons (Fsp3) is 0.250. The number of hydrogen-bond acceptors (Lipinski definition) is 0. The molecule has 0 saturated carbocycles. The van der Waals surface area contributed by atoms with Crippen LogP contribution in [-0.2, 0) is 25.8 Å². The summed E-state index contributed by atoms with van der Waals surface area (Å²) < 4.78 is 0. The van der Waals surface area contributed by atoms with Gasteiger partial charge in [-0.15, -0.1) is 59.3 Å². The summed E-state index contributed by atoms with van der Waals surface area (Å²) in [5, 5.41) is 6.84. The molecule has 0 atom stereocenters. The molecule has 0 fully saturated rings. The van der Waals surface area contributed by atoms with Crippen LogP contribution in [-0.4, -0.2) is 9.52 Å². The first kappa shape index (κ1) is 34.5. The normalized spacial score (nSPS) is 9.47. The van der Waals surface area contributed by atoms with Crippen molar-refractivity contribution in [2.45, 2.75) is 51.5 Å². The van der Waals surface area contributed by atoms with Crippen LogP contribution in [0, 0.1) is 0 Å². The molecule has 5 rings (SSSR count). The quantitative estimate of drug-likeness (QED) is 0.133. The van der Waals surface area contributed by atoms with E-state index < -0.39 is 0 Å². The summed E-state index contributed by atoms with van der Waals surface area (Å²) in [7, 11) is 1.02. The Labute approximate surface area is 252 Å². The third kappa shape index (κ3) is 13.2. The van der Waals surface area contributed by atoms with Gasteiger partial charge >= 0.3 is 25.8 Å². The minimum atomic E-state index is 0. The van der Waals surface area contributed by atoms with Gasteiger partial charge in [0, 0.05) is 0 Å². The number of unbranched alkanes of at least 4 members (excludes halogenated alkanes) is 5. The first-order valence-corrected chi connectivity index (χ1v) is 13.6. The zero-order valence-electron chi connectivity index (χ0n) is 21.2. The molecule has 0 aliphatic heterocycles. The molecule has 0 amide bonds. The van der Waals surface area contributed by atoms with Gasteiger partial charge < -0.3 is 24.8 Å². The van der Waals surface area contributed by atoms with E-state index in [4.69, 9.17) is 0 Å². The summed E-state index contributed by atoms with van der Waals surface area (Å²) in [5.41, 5.74) is 0. The van der Waals surface area contributed by atoms with Crippen molar-refractivity contribution in [1.29, 1.82) is 0 Å². The monoisotopic (exact) mass is 698 g/mol. The van der Waals surface area contributed by atoms with Crippen LogP contribution in [0.2, 0.25) is 6.04 Å². The second-order valence-corrected chi connectivity index (χ2v) is 9.80. The van der Waals surface area contributed by atoms with Gasteiger partial charge in [-0.1, -0.05) is 99.1 Å². The van der Waals surface area contributed by atoms with Gasteiger partial charge in [-0.25, -0.2) is 0 Å². The number of benzene rings is 3. The van der Waals surface area contributed by atoms with Gasteiger partial charge in [-0.3, -0.25) is 0 Å². The third-order valence-electron chi connectivity index (χ3n) is 5.73. The largest absolute Gasteiger partial charge is 4.00 e. The van der Waals surface area contributed by atoms with Gasteiger partial charge in [0.15, 0.2) is 0 Å². The molecule has 186 valence electrons.